The van der Waals surface area contributed by atoms with Crippen LogP contribution in [-0.4, -0.2) is 14.9 Å². The molecule has 6 heteroatoms. The number of carbonyl (C=O) groups excluding carboxylic acids is 1. The molecule has 146 valence electrons. The van der Waals surface area contributed by atoms with Crippen molar-refractivity contribution in [2.75, 3.05) is 0 Å². The zero-order valence-corrected chi connectivity index (χ0v) is 15.8. The SMILES string of the molecule is O=C(Cn1c(=O)n(-c2ccccc2)c(=O)c2oc3ccccc3c21)c1ccccc1. The summed E-state index contributed by atoms with van der Waals surface area (Å²) in [7, 11) is 0. The van der Waals surface area contributed by atoms with Gasteiger partial charge in [-0.2, -0.15) is 0 Å². The van der Waals surface area contributed by atoms with Gasteiger partial charge in [0, 0.05) is 10.9 Å². The maximum absolute atomic E-state index is 13.4. The van der Waals surface area contributed by atoms with Crippen molar-refractivity contribution < 1.29 is 9.21 Å². The number of para-hydroxylation sites is 2. The number of fused-ring (bicyclic) bond motifs is 3. The number of benzene rings is 3. The average molecular weight is 396 g/mol. The van der Waals surface area contributed by atoms with Gasteiger partial charge < -0.3 is 4.42 Å². The molecule has 0 aliphatic carbocycles. The lowest BCUT2D eigenvalue weighted by atomic mass is 10.1. The fourth-order valence-electron chi connectivity index (χ4n) is 3.66. The van der Waals surface area contributed by atoms with Crippen LogP contribution in [0.3, 0.4) is 0 Å². The summed E-state index contributed by atoms with van der Waals surface area (Å²) in [5, 5.41) is 0.614. The number of Topliss-reactive ketones (excluding diaryl/α,β-unsaturated/α-hetero) is 1. The molecule has 0 unspecified atom stereocenters. The Morgan fingerprint density at radius 1 is 0.800 bits per heavy atom. The number of ketones is 1. The maximum atomic E-state index is 13.4. The quantitative estimate of drug-likeness (QED) is 0.433. The summed E-state index contributed by atoms with van der Waals surface area (Å²) in [6.07, 6.45) is 0. The predicted molar refractivity (Wildman–Crippen MR) is 114 cm³/mol. The highest BCUT2D eigenvalue weighted by molar-refractivity contribution is 6.03. The van der Waals surface area contributed by atoms with Gasteiger partial charge in [0.05, 0.1) is 12.2 Å². The molecule has 5 rings (SSSR count). The van der Waals surface area contributed by atoms with Gasteiger partial charge in [-0.25, -0.2) is 9.36 Å². The number of hydrogen-bond acceptors (Lipinski definition) is 4. The van der Waals surface area contributed by atoms with Crippen LogP contribution in [0.25, 0.3) is 27.8 Å². The summed E-state index contributed by atoms with van der Waals surface area (Å²) in [6.45, 7) is -0.212. The van der Waals surface area contributed by atoms with Crippen LogP contribution >= 0.6 is 0 Å². The zero-order chi connectivity index (χ0) is 20.7. The molecule has 2 aromatic heterocycles. The molecule has 6 nitrogen and oxygen atoms in total. The van der Waals surface area contributed by atoms with E-state index in [2.05, 4.69) is 0 Å². The summed E-state index contributed by atoms with van der Waals surface area (Å²) in [4.78, 5) is 39.6. The minimum absolute atomic E-state index is 0.0421. The van der Waals surface area contributed by atoms with Gasteiger partial charge in [-0.1, -0.05) is 60.7 Å². The van der Waals surface area contributed by atoms with E-state index in [1.165, 1.54) is 4.57 Å². The van der Waals surface area contributed by atoms with E-state index in [0.717, 1.165) is 4.57 Å². The molecule has 0 bridgehead atoms. The molecule has 30 heavy (non-hydrogen) atoms. The molecule has 0 amide bonds. The average Bonchev–Trinajstić information content (AvgIpc) is 3.18. The van der Waals surface area contributed by atoms with E-state index < -0.39 is 11.2 Å². The molecular formula is C24H16N2O4. The molecule has 0 fully saturated rings. The van der Waals surface area contributed by atoms with Crippen molar-refractivity contribution in [3.8, 4) is 5.69 Å². The van der Waals surface area contributed by atoms with Crippen LogP contribution in [0.5, 0.6) is 0 Å². The zero-order valence-electron chi connectivity index (χ0n) is 15.8. The number of aromatic nitrogens is 2. The van der Waals surface area contributed by atoms with Crippen LogP contribution in [-0.2, 0) is 6.54 Å². The highest BCUT2D eigenvalue weighted by atomic mass is 16.3. The second-order valence-electron chi connectivity index (χ2n) is 6.91. The normalized spacial score (nSPS) is 11.2. The van der Waals surface area contributed by atoms with E-state index >= 15 is 0 Å². The largest absolute Gasteiger partial charge is 0.449 e. The molecule has 0 radical (unpaired) electrons. The van der Waals surface area contributed by atoms with Gasteiger partial charge in [0.1, 0.15) is 11.1 Å². The Bertz CT molecular complexity index is 1510. The van der Waals surface area contributed by atoms with E-state index in [4.69, 9.17) is 4.42 Å². The fraction of sp³-hybridized carbons (Fsp3) is 0.0417. The lowest BCUT2D eigenvalue weighted by Gasteiger charge is -2.11. The molecule has 2 heterocycles. The monoisotopic (exact) mass is 396 g/mol. The Morgan fingerprint density at radius 3 is 2.17 bits per heavy atom. The highest BCUT2D eigenvalue weighted by Crippen LogP contribution is 2.26. The Kier molecular flexibility index (Phi) is 4.17. The summed E-state index contributed by atoms with van der Waals surface area (Å²) >= 11 is 0. The van der Waals surface area contributed by atoms with Crippen LogP contribution in [0, 0.1) is 0 Å². The lowest BCUT2D eigenvalue weighted by molar-refractivity contribution is 0.0971. The number of nitrogens with zero attached hydrogens (tertiary/aromatic N) is 2. The van der Waals surface area contributed by atoms with Crippen LogP contribution in [0.1, 0.15) is 10.4 Å². The standard InChI is InChI=1S/C24H16N2O4/c27-19(16-9-3-1-4-10-16)15-25-21-18-13-7-8-14-20(18)30-22(21)23(28)26(24(25)29)17-11-5-2-6-12-17/h1-14H,15H2. The topological polar surface area (TPSA) is 74.2 Å². The molecule has 0 N–H and O–H groups in total. The Morgan fingerprint density at radius 2 is 1.43 bits per heavy atom. The first-order chi connectivity index (χ1) is 14.6. The van der Waals surface area contributed by atoms with Crippen molar-refractivity contribution in [1.82, 2.24) is 9.13 Å². The molecule has 0 aliphatic rings. The summed E-state index contributed by atoms with van der Waals surface area (Å²) < 4.78 is 8.19. The minimum atomic E-state index is -0.588. The second kappa shape index (κ2) is 7.00. The van der Waals surface area contributed by atoms with E-state index in [1.54, 1.807) is 78.9 Å². The summed E-state index contributed by atoms with van der Waals surface area (Å²) in [5.41, 5.74) is 0.613. The van der Waals surface area contributed by atoms with Gasteiger partial charge in [0.25, 0.3) is 0 Å². The van der Waals surface area contributed by atoms with Crippen LogP contribution < -0.4 is 11.2 Å². The van der Waals surface area contributed by atoms with Gasteiger partial charge in [0.15, 0.2) is 5.78 Å². The van der Waals surface area contributed by atoms with Gasteiger partial charge in [-0.3, -0.25) is 14.2 Å². The van der Waals surface area contributed by atoms with Crippen molar-refractivity contribution in [3.05, 3.63) is 111 Å². The van der Waals surface area contributed by atoms with E-state index in [1.807, 2.05) is 6.07 Å². The third kappa shape index (κ3) is 2.78. The highest BCUT2D eigenvalue weighted by Gasteiger charge is 2.22. The van der Waals surface area contributed by atoms with Gasteiger partial charge >= 0.3 is 11.2 Å². The third-order valence-electron chi connectivity index (χ3n) is 5.07. The molecule has 0 saturated carbocycles. The first-order valence-electron chi connectivity index (χ1n) is 9.46. The molecule has 3 aromatic carbocycles. The second-order valence-corrected chi connectivity index (χ2v) is 6.91. The van der Waals surface area contributed by atoms with Gasteiger partial charge in [0.2, 0.25) is 5.58 Å². The molecular weight excluding hydrogens is 380 g/mol. The number of furan rings is 1. The molecule has 0 spiro atoms. The Balaban J connectivity index is 1.84. The van der Waals surface area contributed by atoms with Gasteiger partial charge in [-0.05, 0) is 24.3 Å². The number of hydrogen-bond donors (Lipinski definition) is 0. The third-order valence-corrected chi connectivity index (χ3v) is 5.07. The fourth-order valence-corrected chi connectivity index (χ4v) is 3.66. The first kappa shape index (κ1) is 17.9. The maximum Gasteiger partial charge on any atom is 0.336 e. The Labute approximate surface area is 170 Å². The molecule has 0 aliphatic heterocycles. The van der Waals surface area contributed by atoms with Crippen molar-refractivity contribution in [2.24, 2.45) is 0 Å². The van der Waals surface area contributed by atoms with E-state index in [9.17, 15) is 14.4 Å². The minimum Gasteiger partial charge on any atom is -0.449 e. The van der Waals surface area contributed by atoms with Gasteiger partial charge in [-0.15, -0.1) is 0 Å². The van der Waals surface area contributed by atoms with Crippen molar-refractivity contribution in [1.29, 1.82) is 0 Å². The van der Waals surface area contributed by atoms with E-state index in [0.29, 0.717) is 27.7 Å². The lowest BCUT2D eigenvalue weighted by Crippen LogP contribution is -2.39. The molecule has 0 saturated heterocycles. The van der Waals surface area contributed by atoms with Crippen molar-refractivity contribution >= 4 is 27.9 Å². The molecule has 0 atom stereocenters. The van der Waals surface area contributed by atoms with Crippen molar-refractivity contribution in [3.63, 3.8) is 0 Å². The van der Waals surface area contributed by atoms with Crippen LogP contribution in [0.4, 0.5) is 0 Å². The van der Waals surface area contributed by atoms with Crippen LogP contribution in [0.2, 0.25) is 0 Å². The Hall–Kier alpha value is -4.19. The molecule has 5 aromatic rings. The summed E-state index contributed by atoms with van der Waals surface area (Å²) in [5.74, 6) is -0.234. The number of carbonyl (C=O) groups is 1. The number of rotatable bonds is 4. The smallest absolute Gasteiger partial charge is 0.336 e. The van der Waals surface area contributed by atoms with E-state index in [-0.39, 0.29) is 17.9 Å². The van der Waals surface area contributed by atoms with Crippen LogP contribution in [0.15, 0.2) is 98.9 Å². The predicted octanol–water partition coefficient (Wildman–Crippen LogP) is 3.78. The van der Waals surface area contributed by atoms with Crippen molar-refractivity contribution in [2.45, 2.75) is 6.54 Å². The first-order valence-corrected chi connectivity index (χ1v) is 9.46. The summed E-state index contributed by atoms with van der Waals surface area (Å²) in [6, 6.07) is 24.5.